The number of nitrogens with zero attached hydrogens (tertiary/aromatic N) is 1. The van der Waals surface area contributed by atoms with Crippen LogP contribution >= 0.6 is 0 Å². The standard InChI is InChI=1S/C31H31N5O2/c1-20-17-34-30(26-6-2-3-7-28(26)36-20)31(37)23-8-10-25(21-9-11-27-22(15-21)12-13-33-27)29(16-23)38-14-4-5-24-18-32-19-35-24/h2-3,6-13,15-16,18-20,30,33-34,36H,4-5,14,17H2,1H3,(H,32,35). The number of carbonyl (C=O) groups excluding carboxylic acids is 1. The molecule has 1 aliphatic rings. The Bertz CT molecular complexity index is 1560. The number of aromatic amines is 2. The van der Waals surface area contributed by atoms with Gasteiger partial charge in [-0.15, -0.1) is 0 Å². The third-order valence-corrected chi connectivity index (χ3v) is 7.10. The van der Waals surface area contributed by atoms with Gasteiger partial charge in [0.25, 0.3) is 0 Å². The normalized spacial score (nSPS) is 17.0. The molecule has 0 radical (unpaired) electrons. The molecule has 6 rings (SSSR count). The number of para-hydroxylation sites is 1. The predicted octanol–water partition coefficient (Wildman–Crippen LogP) is 5.90. The first-order valence-corrected chi connectivity index (χ1v) is 13.1. The zero-order chi connectivity index (χ0) is 25.9. The van der Waals surface area contributed by atoms with Crippen molar-refractivity contribution in [3.63, 3.8) is 0 Å². The second-order valence-electron chi connectivity index (χ2n) is 9.86. The molecular formula is C31H31N5O2. The number of hydrogen-bond donors (Lipinski definition) is 4. The first-order valence-electron chi connectivity index (χ1n) is 13.1. The first-order chi connectivity index (χ1) is 18.7. The number of carbonyl (C=O) groups is 1. The van der Waals surface area contributed by atoms with Crippen molar-refractivity contribution in [2.45, 2.75) is 31.8 Å². The van der Waals surface area contributed by atoms with Crippen molar-refractivity contribution in [3.8, 4) is 16.9 Å². The fraction of sp³-hybridized carbons (Fsp3) is 0.226. The Morgan fingerprint density at radius 3 is 2.87 bits per heavy atom. The Kier molecular flexibility index (Phi) is 6.67. The molecule has 3 heterocycles. The number of nitrogens with one attached hydrogen (secondary N) is 4. The fourth-order valence-corrected chi connectivity index (χ4v) is 5.12. The number of aryl methyl sites for hydroxylation is 1. The van der Waals surface area contributed by atoms with Crippen molar-refractivity contribution < 1.29 is 9.53 Å². The molecule has 4 N–H and O–H groups in total. The summed E-state index contributed by atoms with van der Waals surface area (Å²) in [5.41, 5.74) is 6.77. The number of hydrogen-bond acceptors (Lipinski definition) is 5. The van der Waals surface area contributed by atoms with Crippen molar-refractivity contribution in [2.24, 2.45) is 0 Å². The lowest BCUT2D eigenvalue weighted by atomic mass is 9.94. The second-order valence-corrected chi connectivity index (χ2v) is 9.86. The van der Waals surface area contributed by atoms with Crippen molar-refractivity contribution in [1.82, 2.24) is 20.3 Å². The van der Waals surface area contributed by atoms with Gasteiger partial charge in [0.05, 0.1) is 19.0 Å². The molecular weight excluding hydrogens is 474 g/mol. The summed E-state index contributed by atoms with van der Waals surface area (Å²) < 4.78 is 6.35. The molecule has 1 aliphatic heterocycles. The van der Waals surface area contributed by atoms with Crippen LogP contribution in [0.4, 0.5) is 5.69 Å². The van der Waals surface area contributed by atoms with Crippen LogP contribution < -0.4 is 15.4 Å². The van der Waals surface area contributed by atoms with Gasteiger partial charge in [0, 0.05) is 58.6 Å². The highest BCUT2D eigenvalue weighted by molar-refractivity contribution is 6.02. The average Bonchev–Trinajstić information content (AvgIpc) is 3.60. The number of fused-ring (bicyclic) bond motifs is 2. The van der Waals surface area contributed by atoms with E-state index in [9.17, 15) is 4.79 Å². The summed E-state index contributed by atoms with van der Waals surface area (Å²) in [6.45, 7) is 3.33. The molecule has 0 saturated carbocycles. The number of H-pyrrole nitrogens is 2. The van der Waals surface area contributed by atoms with Gasteiger partial charge in [0.1, 0.15) is 5.75 Å². The van der Waals surface area contributed by atoms with Crippen LogP contribution in [-0.2, 0) is 6.42 Å². The molecule has 0 aliphatic carbocycles. The van der Waals surface area contributed by atoms with Crippen LogP contribution in [0.25, 0.3) is 22.0 Å². The Hall–Kier alpha value is -4.36. The average molecular weight is 506 g/mol. The van der Waals surface area contributed by atoms with Crippen LogP contribution in [0.1, 0.15) is 41.0 Å². The fourth-order valence-electron chi connectivity index (χ4n) is 5.12. The van der Waals surface area contributed by atoms with E-state index in [-0.39, 0.29) is 11.8 Å². The monoisotopic (exact) mass is 505 g/mol. The molecule has 2 aromatic heterocycles. The molecule has 192 valence electrons. The quantitative estimate of drug-likeness (QED) is 0.156. The Labute approximate surface area is 221 Å². The van der Waals surface area contributed by atoms with Crippen molar-refractivity contribution in [2.75, 3.05) is 18.5 Å². The Balaban J connectivity index is 1.31. The van der Waals surface area contributed by atoms with E-state index in [0.29, 0.717) is 24.5 Å². The summed E-state index contributed by atoms with van der Waals surface area (Å²) in [5, 5.41) is 8.11. The first kappa shape index (κ1) is 24.0. The maximum Gasteiger partial charge on any atom is 0.184 e. The highest BCUT2D eigenvalue weighted by atomic mass is 16.5. The third-order valence-electron chi connectivity index (χ3n) is 7.10. The Morgan fingerprint density at radius 2 is 1.97 bits per heavy atom. The van der Waals surface area contributed by atoms with Crippen LogP contribution in [0, 0.1) is 0 Å². The minimum absolute atomic E-state index is 0.0308. The summed E-state index contributed by atoms with van der Waals surface area (Å²) in [7, 11) is 0. The number of Topliss-reactive ketones (excluding diaryl/α,β-unsaturated/α-hetero) is 1. The number of anilines is 1. The maximum absolute atomic E-state index is 13.9. The summed E-state index contributed by atoms with van der Waals surface area (Å²) >= 11 is 0. The van der Waals surface area contributed by atoms with E-state index in [4.69, 9.17) is 4.74 Å². The highest BCUT2D eigenvalue weighted by Gasteiger charge is 2.28. The lowest BCUT2D eigenvalue weighted by molar-refractivity contribution is 0.0943. The van der Waals surface area contributed by atoms with Gasteiger partial charge in [0.15, 0.2) is 5.78 Å². The van der Waals surface area contributed by atoms with Crippen molar-refractivity contribution in [3.05, 3.63) is 102 Å². The van der Waals surface area contributed by atoms with Gasteiger partial charge in [-0.05, 0) is 67.1 Å². The van der Waals surface area contributed by atoms with Gasteiger partial charge in [-0.25, -0.2) is 4.98 Å². The minimum atomic E-state index is -0.432. The summed E-state index contributed by atoms with van der Waals surface area (Å²) in [5.74, 6) is 0.743. The van der Waals surface area contributed by atoms with Crippen LogP contribution in [-0.4, -0.2) is 39.9 Å². The number of ether oxygens (including phenoxy) is 1. The van der Waals surface area contributed by atoms with E-state index in [1.807, 2.05) is 54.9 Å². The van der Waals surface area contributed by atoms with Gasteiger partial charge in [0.2, 0.25) is 0 Å². The molecule has 7 nitrogen and oxygen atoms in total. The van der Waals surface area contributed by atoms with E-state index in [1.165, 1.54) is 0 Å². The molecule has 2 unspecified atom stereocenters. The smallest absolute Gasteiger partial charge is 0.184 e. The maximum atomic E-state index is 13.9. The van der Waals surface area contributed by atoms with Crippen LogP contribution in [0.5, 0.6) is 5.75 Å². The summed E-state index contributed by atoms with van der Waals surface area (Å²) in [6.07, 6.45) is 7.14. The number of aromatic nitrogens is 3. The third kappa shape index (κ3) is 4.93. The van der Waals surface area contributed by atoms with Gasteiger partial charge in [-0.1, -0.05) is 30.3 Å². The number of benzene rings is 3. The molecule has 0 fully saturated rings. The number of ketones is 1. The summed E-state index contributed by atoms with van der Waals surface area (Å²) in [6, 6.07) is 22.0. The molecule has 0 amide bonds. The zero-order valence-corrected chi connectivity index (χ0v) is 21.3. The molecule has 0 spiro atoms. The largest absolute Gasteiger partial charge is 0.493 e. The lowest BCUT2D eigenvalue weighted by Gasteiger charge is -2.19. The molecule has 2 atom stereocenters. The van der Waals surface area contributed by atoms with Crippen LogP contribution in [0.15, 0.2) is 85.5 Å². The van der Waals surface area contributed by atoms with E-state index in [2.05, 4.69) is 56.8 Å². The van der Waals surface area contributed by atoms with Gasteiger partial charge < -0.3 is 25.3 Å². The van der Waals surface area contributed by atoms with Crippen molar-refractivity contribution >= 4 is 22.4 Å². The van der Waals surface area contributed by atoms with E-state index < -0.39 is 6.04 Å². The second kappa shape index (κ2) is 10.6. The summed E-state index contributed by atoms with van der Waals surface area (Å²) in [4.78, 5) is 24.4. The highest BCUT2D eigenvalue weighted by Crippen LogP contribution is 2.35. The SMILES string of the molecule is CC1CNC(C(=O)c2ccc(-c3ccc4[nH]ccc4c3)c(OCCCc3cnc[nH]3)c2)c2ccccc2N1. The van der Waals surface area contributed by atoms with Crippen molar-refractivity contribution in [1.29, 1.82) is 0 Å². The van der Waals surface area contributed by atoms with E-state index >= 15 is 0 Å². The molecule has 7 heteroatoms. The van der Waals surface area contributed by atoms with E-state index in [1.54, 1.807) is 6.33 Å². The van der Waals surface area contributed by atoms with E-state index in [0.717, 1.165) is 51.8 Å². The van der Waals surface area contributed by atoms with Crippen LogP contribution in [0.2, 0.25) is 0 Å². The number of rotatable bonds is 8. The topological polar surface area (TPSA) is 94.8 Å². The molecule has 0 saturated heterocycles. The predicted molar refractivity (Wildman–Crippen MR) is 151 cm³/mol. The zero-order valence-electron chi connectivity index (χ0n) is 21.3. The van der Waals surface area contributed by atoms with Crippen LogP contribution in [0.3, 0.4) is 0 Å². The number of imidazole rings is 1. The van der Waals surface area contributed by atoms with Gasteiger partial charge in [-0.3, -0.25) is 4.79 Å². The molecule has 38 heavy (non-hydrogen) atoms. The lowest BCUT2D eigenvalue weighted by Crippen LogP contribution is -2.33. The molecule has 0 bridgehead atoms. The van der Waals surface area contributed by atoms with Gasteiger partial charge in [-0.2, -0.15) is 0 Å². The molecule has 5 aromatic rings. The Morgan fingerprint density at radius 1 is 1.05 bits per heavy atom. The molecule has 3 aromatic carbocycles. The minimum Gasteiger partial charge on any atom is -0.493 e. The van der Waals surface area contributed by atoms with Gasteiger partial charge >= 0.3 is 0 Å².